The Morgan fingerprint density at radius 1 is 0.974 bits per heavy atom. The number of oxazole rings is 1. The highest BCUT2D eigenvalue weighted by atomic mass is 19.4. The van der Waals surface area contributed by atoms with Crippen molar-refractivity contribution in [2.24, 2.45) is 5.92 Å². The van der Waals surface area contributed by atoms with Gasteiger partial charge in [0.25, 0.3) is 17.8 Å². The molecule has 1 aromatic carbocycles. The number of anilines is 1. The Balaban J connectivity index is 1.24. The molecule has 3 N–H and O–H groups in total. The van der Waals surface area contributed by atoms with Gasteiger partial charge in [0.2, 0.25) is 5.76 Å². The molecule has 1 saturated carbocycles. The van der Waals surface area contributed by atoms with E-state index in [2.05, 4.69) is 15.6 Å². The number of carboxylic acid groups (broad SMARTS) is 1. The van der Waals surface area contributed by atoms with Crippen molar-refractivity contribution in [1.29, 1.82) is 0 Å². The monoisotopic (exact) mass is 552 g/mol. The van der Waals surface area contributed by atoms with Gasteiger partial charge in [0.05, 0.1) is 12.0 Å². The summed E-state index contributed by atoms with van der Waals surface area (Å²) >= 11 is 0. The zero-order chi connectivity index (χ0) is 28.0. The van der Waals surface area contributed by atoms with Crippen molar-refractivity contribution in [3.63, 3.8) is 0 Å². The van der Waals surface area contributed by atoms with Gasteiger partial charge in [-0.3, -0.25) is 14.4 Å². The van der Waals surface area contributed by atoms with Crippen LogP contribution in [0.15, 0.2) is 28.7 Å². The minimum Gasteiger partial charge on any atom is -0.490 e. The third-order valence-electron chi connectivity index (χ3n) is 6.86. The van der Waals surface area contributed by atoms with Gasteiger partial charge in [-0.05, 0) is 69.2 Å². The Hall–Kier alpha value is -3.77. The van der Waals surface area contributed by atoms with Gasteiger partial charge in [0.1, 0.15) is 5.75 Å². The van der Waals surface area contributed by atoms with Crippen LogP contribution >= 0.6 is 0 Å². The van der Waals surface area contributed by atoms with Crippen molar-refractivity contribution < 1.29 is 41.8 Å². The number of carboxylic acids is 1. The summed E-state index contributed by atoms with van der Waals surface area (Å²) in [5, 5.41) is 14.0. The van der Waals surface area contributed by atoms with Crippen LogP contribution in [0.2, 0.25) is 0 Å². The summed E-state index contributed by atoms with van der Waals surface area (Å²) in [6, 6.07) is 6.20. The van der Waals surface area contributed by atoms with Crippen LogP contribution in [0.1, 0.15) is 71.6 Å². The number of halogens is 3. The molecule has 1 aliphatic heterocycles. The van der Waals surface area contributed by atoms with Crippen LogP contribution in [0.5, 0.6) is 5.75 Å². The molecular weight excluding hydrogens is 521 g/mol. The van der Waals surface area contributed by atoms with E-state index in [0.29, 0.717) is 50.1 Å². The van der Waals surface area contributed by atoms with Gasteiger partial charge < -0.3 is 29.8 Å². The third kappa shape index (κ3) is 7.42. The van der Waals surface area contributed by atoms with Crippen LogP contribution in [0.3, 0.4) is 0 Å². The fraction of sp³-hybridized carbons (Fsp3) is 0.538. The van der Waals surface area contributed by atoms with Crippen LogP contribution in [0.4, 0.5) is 19.2 Å². The molecule has 1 saturated heterocycles. The number of piperidine rings is 1. The average molecular weight is 553 g/mol. The second kappa shape index (κ2) is 12.4. The van der Waals surface area contributed by atoms with Crippen molar-refractivity contribution in [2.45, 2.75) is 57.2 Å². The summed E-state index contributed by atoms with van der Waals surface area (Å²) in [7, 11) is 0. The van der Waals surface area contributed by atoms with E-state index in [4.69, 9.17) is 14.3 Å². The molecular formula is C26H31F3N4O6. The van der Waals surface area contributed by atoms with E-state index in [1.165, 1.54) is 0 Å². The summed E-state index contributed by atoms with van der Waals surface area (Å²) in [6.45, 7) is 0.865. The maximum Gasteiger partial charge on any atom is 0.437 e. The molecule has 2 fully saturated rings. The number of rotatable bonds is 9. The van der Waals surface area contributed by atoms with Crippen molar-refractivity contribution >= 4 is 23.8 Å². The highest BCUT2D eigenvalue weighted by Crippen LogP contribution is 2.34. The molecule has 2 aliphatic rings. The number of ether oxygens (including phenoxy) is 1. The van der Waals surface area contributed by atoms with E-state index < -0.39 is 35.4 Å². The van der Waals surface area contributed by atoms with Gasteiger partial charge in [0.15, 0.2) is 5.69 Å². The Labute approximate surface area is 222 Å². The van der Waals surface area contributed by atoms with E-state index in [1.54, 1.807) is 29.2 Å². The molecule has 0 atom stereocenters. The van der Waals surface area contributed by atoms with Gasteiger partial charge in [-0.25, -0.2) is 0 Å². The van der Waals surface area contributed by atoms with Crippen LogP contribution in [0, 0.1) is 5.92 Å². The van der Waals surface area contributed by atoms with E-state index in [0.717, 1.165) is 19.3 Å². The molecule has 0 radical (unpaired) electrons. The Morgan fingerprint density at radius 2 is 1.59 bits per heavy atom. The molecule has 0 unspecified atom stereocenters. The molecule has 13 heteroatoms. The van der Waals surface area contributed by atoms with Crippen LogP contribution in [0.25, 0.3) is 0 Å². The maximum absolute atomic E-state index is 13.5. The number of carbonyl (C=O) groups is 3. The number of hydrogen-bond acceptors (Lipinski definition) is 7. The number of aliphatic carboxylic acids is 1. The number of alkyl halides is 3. The van der Waals surface area contributed by atoms with Gasteiger partial charge in [-0.2, -0.15) is 18.2 Å². The SMILES string of the molecule is O=C(NCCNC(=O)c1oc(N2CCCCC2)nc1C(F)(F)F)c1ccc(OC2CCC(C(=O)O)CC2)cc1. The largest absolute Gasteiger partial charge is 0.490 e. The first-order chi connectivity index (χ1) is 18.6. The second-order valence-electron chi connectivity index (χ2n) is 9.69. The highest BCUT2D eigenvalue weighted by Gasteiger charge is 2.42. The number of hydrogen-bond donors (Lipinski definition) is 3. The van der Waals surface area contributed by atoms with Crippen LogP contribution in [-0.2, 0) is 11.0 Å². The molecule has 2 amide bonds. The number of nitrogens with one attached hydrogen (secondary N) is 2. The number of aromatic nitrogens is 1. The first-order valence-corrected chi connectivity index (χ1v) is 13.0. The lowest BCUT2D eigenvalue weighted by Gasteiger charge is -2.26. The molecule has 2 heterocycles. The zero-order valence-corrected chi connectivity index (χ0v) is 21.3. The topological polar surface area (TPSA) is 134 Å². The van der Waals surface area contributed by atoms with Crippen molar-refractivity contribution in [3.05, 3.63) is 41.3 Å². The first kappa shape index (κ1) is 28.2. The Bertz CT molecular complexity index is 1150. The van der Waals surface area contributed by atoms with Gasteiger partial charge in [-0.15, -0.1) is 0 Å². The fourth-order valence-electron chi connectivity index (χ4n) is 4.71. The summed E-state index contributed by atoms with van der Waals surface area (Å²) in [5.41, 5.74) is -1.04. The molecule has 0 spiro atoms. The lowest BCUT2D eigenvalue weighted by Crippen LogP contribution is -2.35. The van der Waals surface area contributed by atoms with E-state index >= 15 is 0 Å². The minimum atomic E-state index is -4.85. The highest BCUT2D eigenvalue weighted by molar-refractivity contribution is 5.94. The Morgan fingerprint density at radius 3 is 2.18 bits per heavy atom. The van der Waals surface area contributed by atoms with Gasteiger partial charge in [0, 0.05) is 31.7 Å². The molecule has 10 nitrogen and oxygen atoms in total. The van der Waals surface area contributed by atoms with Gasteiger partial charge in [-0.1, -0.05) is 0 Å². The van der Waals surface area contributed by atoms with Gasteiger partial charge >= 0.3 is 12.1 Å². The van der Waals surface area contributed by atoms with E-state index in [1.807, 2.05) is 0 Å². The van der Waals surface area contributed by atoms with Crippen LogP contribution < -0.4 is 20.3 Å². The molecule has 39 heavy (non-hydrogen) atoms. The number of amides is 2. The summed E-state index contributed by atoms with van der Waals surface area (Å²) in [5.74, 6) is -2.95. The summed E-state index contributed by atoms with van der Waals surface area (Å²) in [4.78, 5) is 41.1. The van der Waals surface area contributed by atoms with Crippen molar-refractivity contribution in [3.8, 4) is 5.75 Å². The fourth-order valence-corrected chi connectivity index (χ4v) is 4.71. The summed E-state index contributed by atoms with van der Waals surface area (Å²) in [6.07, 6.45) is 0.0407. The molecule has 1 aliphatic carbocycles. The quantitative estimate of drug-likeness (QED) is 0.400. The Kier molecular flexibility index (Phi) is 8.97. The summed E-state index contributed by atoms with van der Waals surface area (Å²) < 4.78 is 51.5. The van der Waals surface area contributed by atoms with Crippen molar-refractivity contribution in [1.82, 2.24) is 15.6 Å². The number of carbonyl (C=O) groups excluding carboxylic acids is 2. The maximum atomic E-state index is 13.5. The normalized spacial score (nSPS) is 19.8. The van der Waals surface area contributed by atoms with Crippen LogP contribution in [-0.4, -0.2) is 60.2 Å². The predicted molar refractivity (Wildman–Crippen MR) is 133 cm³/mol. The molecule has 0 bridgehead atoms. The molecule has 4 rings (SSSR count). The third-order valence-corrected chi connectivity index (χ3v) is 6.86. The zero-order valence-electron chi connectivity index (χ0n) is 21.3. The first-order valence-electron chi connectivity index (χ1n) is 13.0. The molecule has 2 aromatic rings. The predicted octanol–water partition coefficient (Wildman–Crippen LogP) is 3.87. The minimum absolute atomic E-state index is 0.0237. The number of nitrogens with zero attached hydrogens (tertiary/aromatic N) is 2. The smallest absolute Gasteiger partial charge is 0.437 e. The standard InChI is InChI=1S/C26H31F3N4O6/c27-26(28,29)21-20(39-25(32-21)33-14-2-1-3-15-33)23(35)31-13-12-30-22(34)16-4-8-18(9-5-16)38-19-10-6-17(7-11-19)24(36)37/h4-5,8-9,17,19H,1-3,6-7,10-15H2,(H,30,34)(H,31,35)(H,36,37). The lowest BCUT2D eigenvalue weighted by atomic mass is 9.87. The lowest BCUT2D eigenvalue weighted by molar-refractivity contribution is -0.143. The second-order valence-corrected chi connectivity index (χ2v) is 9.69. The molecule has 212 valence electrons. The number of benzene rings is 1. The average Bonchev–Trinajstić information content (AvgIpc) is 3.39. The molecule has 1 aromatic heterocycles. The van der Waals surface area contributed by atoms with E-state index in [9.17, 15) is 27.6 Å². The van der Waals surface area contributed by atoms with Crippen molar-refractivity contribution in [2.75, 3.05) is 31.1 Å². The van der Waals surface area contributed by atoms with E-state index in [-0.39, 0.29) is 31.1 Å².